The first-order valence-electron chi connectivity index (χ1n) is 5.21. The van der Waals surface area contributed by atoms with E-state index in [-0.39, 0.29) is 13.0 Å². The van der Waals surface area contributed by atoms with Crippen LogP contribution in [-0.4, -0.2) is 29.7 Å². The van der Waals surface area contributed by atoms with Crippen LogP contribution < -0.4 is 5.32 Å². The topological polar surface area (TPSA) is 79.6 Å². The summed E-state index contributed by atoms with van der Waals surface area (Å²) < 4.78 is 5.16. The van der Waals surface area contributed by atoms with Gasteiger partial charge in [-0.05, 0) is 19.1 Å². The summed E-state index contributed by atoms with van der Waals surface area (Å²) in [5, 5.41) is 2.57. The highest BCUT2D eigenvalue weighted by atomic mass is 16.3. The van der Waals surface area contributed by atoms with Gasteiger partial charge in [-0.25, -0.2) is 4.79 Å². The van der Waals surface area contributed by atoms with Crippen molar-refractivity contribution in [2.24, 2.45) is 0 Å². The summed E-state index contributed by atoms with van der Waals surface area (Å²) in [5.41, 5.74) is -1.18. The lowest BCUT2D eigenvalue weighted by Gasteiger charge is -2.18. The van der Waals surface area contributed by atoms with Gasteiger partial charge in [0.1, 0.15) is 12.0 Å². The van der Waals surface area contributed by atoms with E-state index in [0.717, 1.165) is 4.90 Å². The third kappa shape index (κ3) is 1.71. The van der Waals surface area contributed by atoms with Crippen LogP contribution in [0.2, 0.25) is 0 Å². The van der Waals surface area contributed by atoms with Crippen molar-refractivity contribution in [1.82, 2.24) is 10.2 Å². The van der Waals surface area contributed by atoms with Gasteiger partial charge in [0, 0.05) is 13.0 Å². The van der Waals surface area contributed by atoms with E-state index >= 15 is 0 Å². The molecule has 1 aromatic rings. The highest BCUT2D eigenvalue weighted by Gasteiger charge is 2.50. The lowest BCUT2D eigenvalue weighted by molar-refractivity contribution is -0.131. The Kier molecular flexibility index (Phi) is 2.71. The Bertz CT molecular complexity index is 454. The van der Waals surface area contributed by atoms with E-state index in [1.807, 2.05) is 0 Å². The molecule has 90 valence electrons. The Labute approximate surface area is 97.6 Å². The summed E-state index contributed by atoms with van der Waals surface area (Å²) in [6.07, 6.45) is 2.24. The number of hydrogen-bond acceptors (Lipinski definition) is 4. The predicted molar refractivity (Wildman–Crippen MR) is 57.0 cm³/mol. The average Bonchev–Trinajstić information content (AvgIpc) is 2.88. The minimum atomic E-state index is -1.18. The summed E-state index contributed by atoms with van der Waals surface area (Å²) in [7, 11) is 0. The van der Waals surface area contributed by atoms with Crippen molar-refractivity contribution in [2.45, 2.75) is 18.9 Å². The van der Waals surface area contributed by atoms with Gasteiger partial charge in [0.25, 0.3) is 5.91 Å². The number of furan rings is 1. The second kappa shape index (κ2) is 4.04. The van der Waals surface area contributed by atoms with Gasteiger partial charge < -0.3 is 14.5 Å². The maximum atomic E-state index is 12.1. The van der Waals surface area contributed by atoms with Crippen LogP contribution in [0.5, 0.6) is 0 Å². The SMILES string of the molecule is CC1(c2ccco2)NC(=O)N(CCC=O)C1=O. The van der Waals surface area contributed by atoms with Crippen LogP contribution >= 0.6 is 0 Å². The maximum Gasteiger partial charge on any atom is 0.325 e. The number of hydrogen-bond donors (Lipinski definition) is 1. The van der Waals surface area contributed by atoms with Crippen molar-refractivity contribution < 1.29 is 18.8 Å². The molecular weight excluding hydrogens is 224 g/mol. The van der Waals surface area contributed by atoms with Crippen LogP contribution in [0.15, 0.2) is 22.8 Å². The largest absolute Gasteiger partial charge is 0.466 e. The number of carbonyl (C=O) groups is 3. The zero-order valence-corrected chi connectivity index (χ0v) is 9.30. The quantitative estimate of drug-likeness (QED) is 0.614. The highest BCUT2D eigenvalue weighted by Crippen LogP contribution is 2.28. The Morgan fingerprint density at radius 1 is 1.53 bits per heavy atom. The van der Waals surface area contributed by atoms with E-state index < -0.39 is 17.5 Å². The number of urea groups is 1. The fourth-order valence-corrected chi connectivity index (χ4v) is 1.81. The third-order valence-corrected chi connectivity index (χ3v) is 2.76. The van der Waals surface area contributed by atoms with Crippen LogP contribution in [-0.2, 0) is 15.1 Å². The summed E-state index contributed by atoms with van der Waals surface area (Å²) in [6, 6.07) is 2.77. The Balaban J connectivity index is 2.26. The molecule has 6 nitrogen and oxygen atoms in total. The number of rotatable bonds is 4. The first-order valence-corrected chi connectivity index (χ1v) is 5.21. The first kappa shape index (κ1) is 11.4. The van der Waals surface area contributed by atoms with Crippen molar-refractivity contribution in [3.05, 3.63) is 24.2 Å². The normalized spacial score (nSPS) is 23.9. The van der Waals surface area contributed by atoms with Gasteiger partial charge in [-0.1, -0.05) is 0 Å². The zero-order valence-electron chi connectivity index (χ0n) is 9.30. The van der Waals surface area contributed by atoms with E-state index in [2.05, 4.69) is 5.32 Å². The second-order valence-corrected chi connectivity index (χ2v) is 3.94. The van der Waals surface area contributed by atoms with E-state index in [1.165, 1.54) is 6.26 Å². The van der Waals surface area contributed by atoms with Crippen LogP contribution in [0.25, 0.3) is 0 Å². The third-order valence-electron chi connectivity index (χ3n) is 2.76. The molecular formula is C11H12N2O4. The summed E-state index contributed by atoms with van der Waals surface area (Å²) in [6.45, 7) is 1.66. The molecule has 0 bridgehead atoms. The number of imide groups is 1. The van der Waals surface area contributed by atoms with E-state index in [1.54, 1.807) is 19.1 Å². The highest BCUT2D eigenvalue weighted by molar-refractivity contribution is 6.06. The fraction of sp³-hybridized carbons (Fsp3) is 0.364. The van der Waals surface area contributed by atoms with Crippen LogP contribution in [0.3, 0.4) is 0 Å². The van der Waals surface area contributed by atoms with E-state index in [4.69, 9.17) is 4.42 Å². The van der Waals surface area contributed by atoms with Crippen molar-refractivity contribution in [3.8, 4) is 0 Å². The molecule has 17 heavy (non-hydrogen) atoms. The molecule has 2 rings (SSSR count). The molecule has 0 spiro atoms. The van der Waals surface area contributed by atoms with Crippen molar-refractivity contribution in [1.29, 1.82) is 0 Å². The number of nitrogens with one attached hydrogen (secondary N) is 1. The molecule has 1 aliphatic heterocycles. The molecule has 1 aromatic heterocycles. The van der Waals surface area contributed by atoms with Crippen LogP contribution in [0, 0.1) is 0 Å². The van der Waals surface area contributed by atoms with Gasteiger partial charge in [0.15, 0.2) is 5.54 Å². The molecule has 0 saturated carbocycles. The molecule has 1 unspecified atom stereocenters. The summed E-state index contributed by atoms with van der Waals surface area (Å²) >= 11 is 0. The fourth-order valence-electron chi connectivity index (χ4n) is 1.81. The monoisotopic (exact) mass is 236 g/mol. The molecule has 1 fully saturated rings. The molecule has 0 aliphatic carbocycles. The number of carbonyl (C=O) groups excluding carboxylic acids is 3. The molecule has 1 aliphatic rings. The van der Waals surface area contributed by atoms with Gasteiger partial charge in [-0.2, -0.15) is 0 Å². The molecule has 1 N–H and O–H groups in total. The minimum absolute atomic E-state index is 0.0878. The van der Waals surface area contributed by atoms with Gasteiger partial charge >= 0.3 is 6.03 Å². The van der Waals surface area contributed by atoms with E-state index in [0.29, 0.717) is 12.0 Å². The number of aldehydes is 1. The first-order chi connectivity index (χ1) is 8.09. The summed E-state index contributed by atoms with van der Waals surface area (Å²) in [5.74, 6) is -0.0243. The maximum absolute atomic E-state index is 12.1. The summed E-state index contributed by atoms with van der Waals surface area (Å²) in [4.78, 5) is 35.0. The lowest BCUT2D eigenvalue weighted by Crippen LogP contribution is -2.40. The van der Waals surface area contributed by atoms with Crippen LogP contribution in [0.1, 0.15) is 19.1 Å². The molecule has 6 heteroatoms. The molecule has 3 amide bonds. The second-order valence-electron chi connectivity index (χ2n) is 3.94. The standard InChI is InChI=1S/C11H12N2O4/c1-11(8-4-2-7-17-8)9(15)13(5-3-6-14)10(16)12-11/h2,4,6-7H,3,5H2,1H3,(H,12,16). The zero-order chi connectivity index (χ0) is 12.5. The average molecular weight is 236 g/mol. The minimum Gasteiger partial charge on any atom is -0.466 e. The van der Waals surface area contributed by atoms with Crippen molar-refractivity contribution >= 4 is 18.2 Å². The van der Waals surface area contributed by atoms with Crippen LogP contribution in [0.4, 0.5) is 4.79 Å². The Hall–Kier alpha value is -2.11. The smallest absolute Gasteiger partial charge is 0.325 e. The molecule has 0 aromatic carbocycles. The van der Waals surface area contributed by atoms with E-state index in [9.17, 15) is 14.4 Å². The predicted octanol–water partition coefficient (Wildman–Crippen LogP) is 0.636. The molecule has 0 radical (unpaired) electrons. The van der Waals surface area contributed by atoms with Crippen molar-refractivity contribution in [3.63, 3.8) is 0 Å². The lowest BCUT2D eigenvalue weighted by atomic mass is 9.99. The molecule has 1 saturated heterocycles. The van der Waals surface area contributed by atoms with Crippen molar-refractivity contribution in [2.75, 3.05) is 6.54 Å². The number of amides is 3. The number of nitrogens with zero attached hydrogens (tertiary/aromatic N) is 1. The Morgan fingerprint density at radius 3 is 2.88 bits per heavy atom. The van der Waals surface area contributed by atoms with Gasteiger partial charge in [-0.15, -0.1) is 0 Å². The van der Waals surface area contributed by atoms with Gasteiger partial charge in [0.05, 0.1) is 6.26 Å². The molecule has 1 atom stereocenters. The van der Waals surface area contributed by atoms with Gasteiger partial charge in [-0.3, -0.25) is 9.69 Å². The van der Waals surface area contributed by atoms with Gasteiger partial charge in [0.2, 0.25) is 0 Å². The Morgan fingerprint density at radius 2 is 2.29 bits per heavy atom. The molecule has 2 heterocycles.